The average molecular weight is 542 g/mol. The van der Waals surface area contributed by atoms with Crippen LogP contribution in [0.1, 0.15) is 16.1 Å². The molecule has 3 rings (SSSR count). The van der Waals surface area contributed by atoms with Gasteiger partial charge in [0.15, 0.2) is 10.9 Å². The number of amides is 1. The van der Waals surface area contributed by atoms with E-state index in [2.05, 4.69) is 43.1 Å². The number of benzene rings is 2. The summed E-state index contributed by atoms with van der Waals surface area (Å²) in [5, 5.41) is 9.15. The van der Waals surface area contributed by atoms with E-state index >= 15 is 0 Å². The van der Waals surface area contributed by atoms with Crippen molar-refractivity contribution in [3.8, 4) is 0 Å². The summed E-state index contributed by atoms with van der Waals surface area (Å²) in [5.74, 6) is 0.255. The van der Waals surface area contributed by atoms with Crippen LogP contribution in [0.3, 0.4) is 0 Å². The first-order valence-corrected chi connectivity index (χ1v) is 11.1. The van der Waals surface area contributed by atoms with Crippen LogP contribution in [-0.4, -0.2) is 24.6 Å². The largest absolute Gasteiger partial charge is 0.360 e. The molecule has 0 spiro atoms. The minimum Gasteiger partial charge on any atom is -0.360 e. The number of nitrogens with one attached hydrogen (secondary N) is 3. The molecular weight excluding hydrogens is 527 g/mol. The molecule has 0 aliphatic rings. The molecule has 2 aromatic carbocycles. The van der Waals surface area contributed by atoms with Crippen LogP contribution in [0.25, 0.3) is 0 Å². The first-order valence-electron chi connectivity index (χ1n) is 8.18. The summed E-state index contributed by atoms with van der Waals surface area (Å²) >= 11 is 7.22. The summed E-state index contributed by atoms with van der Waals surface area (Å²) in [6.07, 6.45) is 0. The van der Waals surface area contributed by atoms with E-state index in [0.29, 0.717) is 17.0 Å². The fraction of sp³-hybridized carbons (Fsp3) is 0.0556. The van der Waals surface area contributed by atoms with Crippen LogP contribution < -0.4 is 15.4 Å². The SMILES string of the molecule is Cc1cc(NS(=O)(=O)c2ccc(NC(=S)NC(=O)c3ccccc3I)cc2)no1. The highest BCUT2D eigenvalue weighted by Crippen LogP contribution is 2.18. The quantitative estimate of drug-likeness (QED) is 0.334. The van der Waals surface area contributed by atoms with E-state index in [1.165, 1.54) is 30.3 Å². The third-order valence-electron chi connectivity index (χ3n) is 3.63. The van der Waals surface area contributed by atoms with Crippen LogP contribution in [-0.2, 0) is 10.0 Å². The van der Waals surface area contributed by atoms with E-state index in [0.717, 1.165) is 3.57 Å². The molecule has 3 N–H and O–H groups in total. The summed E-state index contributed by atoms with van der Waals surface area (Å²) in [4.78, 5) is 12.3. The van der Waals surface area contributed by atoms with Crippen molar-refractivity contribution in [1.82, 2.24) is 10.5 Å². The number of anilines is 2. The molecule has 0 aliphatic heterocycles. The lowest BCUT2D eigenvalue weighted by Gasteiger charge is -2.11. The smallest absolute Gasteiger partial charge is 0.263 e. The van der Waals surface area contributed by atoms with Crippen molar-refractivity contribution in [3.05, 3.63) is 69.5 Å². The Hall–Kier alpha value is -2.51. The van der Waals surface area contributed by atoms with Gasteiger partial charge in [0.25, 0.3) is 15.9 Å². The van der Waals surface area contributed by atoms with E-state index in [4.69, 9.17) is 16.7 Å². The number of aryl methyl sites for hydroxylation is 1. The molecule has 11 heteroatoms. The number of sulfonamides is 1. The van der Waals surface area contributed by atoms with Crippen molar-refractivity contribution in [1.29, 1.82) is 0 Å². The average Bonchev–Trinajstić information content (AvgIpc) is 3.06. The van der Waals surface area contributed by atoms with Gasteiger partial charge >= 0.3 is 0 Å². The summed E-state index contributed by atoms with van der Waals surface area (Å²) < 4.78 is 32.7. The summed E-state index contributed by atoms with van der Waals surface area (Å²) in [7, 11) is -3.81. The lowest BCUT2D eigenvalue weighted by molar-refractivity contribution is 0.0977. The van der Waals surface area contributed by atoms with Gasteiger partial charge in [0.1, 0.15) is 5.76 Å². The Bertz CT molecular complexity index is 1160. The molecule has 0 aliphatic carbocycles. The number of carbonyl (C=O) groups is 1. The van der Waals surface area contributed by atoms with Crippen LogP contribution in [0.4, 0.5) is 11.5 Å². The molecule has 150 valence electrons. The maximum Gasteiger partial charge on any atom is 0.263 e. The second kappa shape index (κ2) is 8.88. The Morgan fingerprint density at radius 3 is 2.45 bits per heavy atom. The standard InChI is InChI=1S/C18H15IN4O4S2/c1-11-10-16(22-27-11)23-29(25,26)13-8-6-12(7-9-13)20-18(28)21-17(24)14-4-2-3-5-15(14)19/h2-10H,1H3,(H,22,23)(H2,20,21,24,28). The number of halogens is 1. The normalized spacial score (nSPS) is 11.0. The Labute approximate surface area is 186 Å². The highest BCUT2D eigenvalue weighted by Gasteiger charge is 2.16. The Balaban J connectivity index is 1.63. The molecule has 0 bridgehead atoms. The number of hydrogen-bond donors (Lipinski definition) is 3. The Kier molecular flexibility index (Phi) is 6.49. The van der Waals surface area contributed by atoms with E-state index in [1.807, 2.05) is 12.1 Å². The molecule has 29 heavy (non-hydrogen) atoms. The number of carbonyl (C=O) groups excluding carboxylic acids is 1. The van der Waals surface area contributed by atoms with Crippen LogP contribution in [0.15, 0.2) is 64.0 Å². The lowest BCUT2D eigenvalue weighted by atomic mass is 10.2. The highest BCUT2D eigenvalue weighted by molar-refractivity contribution is 14.1. The molecule has 0 fully saturated rings. The van der Waals surface area contributed by atoms with Crippen molar-refractivity contribution in [2.45, 2.75) is 11.8 Å². The molecule has 1 amide bonds. The first-order chi connectivity index (χ1) is 13.7. The molecule has 1 heterocycles. The number of rotatable bonds is 5. The van der Waals surface area contributed by atoms with Crippen molar-refractivity contribution >= 4 is 67.4 Å². The second-order valence-corrected chi connectivity index (χ2v) is 9.09. The minimum absolute atomic E-state index is 0.0393. The topological polar surface area (TPSA) is 113 Å². The van der Waals surface area contributed by atoms with Crippen molar-refractivity contribution in [2.75, 3.05) is 10.0 Å². The van der Waals surface area contributed by atoms with Crippen molar-refractivity contribution in [2.24, 2.45) is 0 Å². The molecule has 0 unspecified atom stereocenters. The highest BCUT2D eigenvalue weighted by atomic mass is 127. The van der Waals surface area contributed by atoms with Crippen LogP contribution in [0, 0.1) is 10.5 Å². The van der Waals surface area contributed by atoms with Crippen LogP contribution >= 0.6 is 34.8 Å². The van der Waals surface area contributed by atoms with Crippen molar-refractivity contribution in [3.63, 3.8) is 0 Å². The summed E-state index contributed by atoms with van der Waals surface area (Å²) in [6.45, 7) is 1.66. The van der Waals surface area contributed by atoms with Gasteiger partial charge in [0, 0.05) is 15.3 Å². The fourth-order valence-corrected chi connectivity index (χ4v) is 4.13. The summed E-state index contributed by atoms with van der Waals surface area (Å²) in [6, 6.07) is 14.5. The van der Waals surface area contributed by atoms with Gasteiger partial charge in [-0.2, -0.15) is 0 Å². The van der Waals surface area contributed by atoms with Crippen molar-refractivity contribution < 1.29 is 17.7 Å². The molecule has 0 radical (unpaired) electrons. The summed E-state index contributed by atoms with van der Waals surface area (Å²) in [5.41, 5.74) is 1.03. The van der Waals surface area contributed by atoms with Gasteiger partial charge in [-0.1, -0.05) is 17.3 Å². The van der Waals surface area contributed by atoms with E-state index in [1.54, 1.807) is 19.1 Å². The van der Waals surface area contributed by atoms with Crippen LogP contribution in [0.5, 0.6) is 0 Å². The lowest BCUT2D eigenvalue weighted by Crippen LogP contribution is -2.34. The third kappa shape index (κ3) is 5.52. The predicted molar refractivity (Wildman–Crippen MR) is 121 cm³/mol. The monoisotopic (exact) mass is 542 g/mol. The predicted octanol–water partition coefficient (Wildman–Crippen LogP) is 3.52. The van der Waals surface area contributed by atoms with Gasteiger partial charge in [0.05, 0.1) is 10.5 Å². The molecule has 3 aromatic rings. The minimum atomic E-state index is -3.81. The van der Waals surface area contributed by atoms with Gasteiger partial charge in [-0.25, -0.2) is 8.42 Å². The molecule has 8 nitrogen and oxygen atoms in total. The fourth-order valence-electron chi connectivity index (χ4n) is 2.31. The number of thiocarbonyl (C=S) groups is 1. The van der Waals surface area contributed by atoms with Gasteiger partial charge < -0.3 is 9.84 Å². The maximum absolute atomic E-state index is 12.4. The molecule has 0 saturated heterocycles. The van der Waals surface area contributed by atoms with E-state index < -0.39 is 10.0 Å². The number of nitrogens with zero attached hydrogens (tertiary/aromatic N) is 1. The zero-order chi connectivity index (χ0) is 21.0. The number of aromatic nitrogens is 1. The van der Waals surface area contributed by atoms with Gasteiger partial charge in [-0.05, 0) is 78.1 Å². The zero-order valence-electron chi connectivity index (χ0n) is 15.0. The Morgan fingerprint density at radius 2 is 1.83 bits per heavy atom. The van der Waals surface area contributed by atoms with Gasteiger partial charge in [-0.15, -0.1) is 0 Å². The first kappa shape index (κ1) is 21.2. The van der Waals surface area contributed by atoms with Crippen LogP contribution in [0.2, 0.25) is 0 Å². The van der Waals surface area contributed by atoms with Gasteiger partial charge in [0.2, 0.25) is 0 Å². The second-order valence-electron chi connectivity index (χ2n) is 5.84. The molecule has 1 aromatic heterocycles. The van der Waals surface area contributed by atoms with E-state index in [-0.39, 0.29) is 21.7 Å². The Morgan fingerprint density at radius 1 is 1.14 bits per heavy atom. The molecule has 0 saturated carbocycles. The third-order valence-corrected chi connectivity index (χ3v) is 6.15. The zero-order valence-corrected chi connectivity index (χ0v) is 18.8. The number of hydrogen-bond acceptors (Lipinski definition) is 6. The molecular formula is C18H15IN4O4S2. The van der Waals surface area contributed by atoms with E-state index in [9.17, 15) is 13.2 Å². The van der Waals surface area contributed by atoms with Gasteiger partial charge in [-0.3, -0.25) is 14.8 Å². The maximum atomic E-state index is 12.4. The molecule has 0 atom stereocenters.